The summed E-state index contributed by atoms with van der Waals surface area (Å²) in [4.78, 5) is 36.2. The van der Waals surface area contributed by atoms with Crippen molar-refractivity contribution in [3.63, 3.8) is 0 Å². The van der Waals surface area contributed by atoms with Gasteiger partial charge >= 0.3 is 5.97 Å². The van der Waals surface area contributed by atoms with Crippen LogP contribution in [0.25, 0.3) is 0 Å². The molecule has 0 bridgehead atoms. The summed E-state index contributed by atoms with van der Waals surface area (Å²) in [6.45, 7) is 3.19. The second-order valence-corrected chi connectivity index (χ2v) is 6.11. The average Bonchev–Trinajstić information content (AvgIpc) is 2.79. The summed E-state index contributed by atoms with van der Waals surface area (Å²) in [5, 5.41) is 11.6. The number of rotatable bonds is 3. The Balaban J connectivity index is 2.26. The van der Waals surface area contributed by atoms with Gasteiger partial charge in [0.15, 0.2) is 0 Å². The van der Waals surface area contributed by atoms with Crippen molar-refractivity contribution in [3.8, 4) is 0 Å². The molecule has 1 aliphatic heterocycles. The molecule has 1 aromatic carbocycles. The molecule has 0 saturated carbocycles. The molecule has 1 aromatic rings. The van der Waals surface area contributed by atoms with Crippen LogP contribution in [0.5, 0.6) is 0 Å². The molecule has 7 heteroatoms. The van der Waals surface area contributed by atoms with E-state index < -0.39 is 12.0 Å². The predicted molar refractivity (Wildman–Crippen MR) is 80.3 cm³/mol. The Labute approximate surface area is 126 Å². The Morgan fingerprint density at radius 1 is 1.38 bits per heavy atom. The lowest BCUT2D eigenvalue weighted by Gasteiger charge is -2.25. The first kappa shape index (κ1) is 15.4. The summed E-state index contributed by atoms with van der Waals surface area (Å²) in [6, 6.07) is 5.68. The van der Waals surface area contributed by atoms with Crippen molar-refractivity contribution >= 4 is 35.2 Å². The first-order valence-corrected chi connectivity index (χ1v) is 7.49. The number of anilines is 1. The van der Waals surface area contributed by atoms with Crippen LogP contribution in [0.1, 0.15) is 24.2 Å². The third kappa shape index (κ3) is 3.36. The molecule has 0 aliphatic carbocycles. The molecule has 6 nitrogen and oxygen atoms in total. The van der Waals surface area contributed by atoms with E-state index in [2.05, 4.69) is 5.32 Å². The van der Waals surface area contributed by atoms with Crippen LogP contribution in [-0.2, 0) is 9.59 Å². The van der Waals surface area contributed by atoms with Crippen LogP contribution in [0, 0.1) is 0 Å². The highest BCUT2D eigenvalue weighted by Crippen LogP contribution is 2.30. The normalized spacial score (nSPS) is 21.1. The van der Waals surface area contributed by atoms with E-state index in [1.54, 1.807) is 24.3 Å². The number of aliphatic carboxylic acids is 1. The fraction of sp³-hybridized carbons (Fsp3) is 0.357. The van der Waals surface area contributed by atoms with Crippen molar-refractivity contribution in [2.45, 2.75) is 25.3 Å². The standard InChI is InChI=1S/C14H16N2O4S/c1-8(17)15-11-5-3-4-10(6-11)13(18)16-9(2)21-7-12(16)14(19)20/h3-6,9,12H,7H2,1-2H3,(H,15,17)(H,19,20). The van der Waals surface area contributed by atoms with Gasteiger partial charge in [-0.25, -0.2) is 4.79 Å². The Kier molecular flexibility index (Phi) is 4.52. The van der Waals surface area contributed by atoms with Gasteiger partial charge in [-0.05, 0) is 25.1 Å². The maximum atomic E-state index is 12.5. The van der Waals surface area contributed by atoms with E-state index in [1.807, 2.05) is 6.92 Å². The predicted octanol–water partition coefficient (Wildman–Crippen LogP) is 1.63. The quantitative estimate of drug-likeness (QED) is 0.886. The largest absolute Gasteiger partial charge is 0.480 e. The van der Waals surface area contributed by atoms with E-state index >= 15 is 0 Å². The van der Waals surface area contributed by atoms with Crippen LogP contribution in [-0.4, -0.2) is 45.0 Å². The molecule has 1 heterocycles. The number of nitrogens with zero attached hydrogens (tertiary/aromatic N) is 1. The van der Waals surface area contributed by atoms with E-state index in [0.717, 1.165) is 0 Å². The maximum Gasteiger partial charge on any atom is 0.327 e. The van der Waals surface area contributed by atoms with Crippen molar-refractivity contribution in [1.29, 1.82) is 0 Å². The van der Waals surface area contributed by atoms with Gasteiger partial charge in [0.1, 0.15) is 6.04 Å². The van der Waals surface area contributed by atoms with Gasteiger partial charge in [0.2, 0.25) is 5.91 Å². The van der Waals surface area contributed by atoms with E-state index in [1.165, 1.54) is 23.6 Å². The number of hydrogen-bond acceptors (Lipinski definition) is 4. The van der Waals surface area contributed by atoms with E-state index in [0.29, 0.717) is 17.0 Å². The lowest BCUT2D eigenvalue weighted by Crippen LogP contribution is -2.44. The lowest BCUT2D eigenvalue weighted by molar-refractivity contribution is -0.141. The maximum absolute atomic E-state index is 12.5. The molecule has 0 aromatic heterocycles. The van der Waals surface area contributed by atoms with Crippen LogP contribution < -0.4 is 5.32 Å². The molecular formula is C14H16N2O4S. The van der Waals surface area contributed by atoms with Crippen molar-refractivity contribution in [1.82, 2.24) is 4.90 Å². The van der Waals surface area contributed by atoms with E-state index in [4.69, 9.17) is 0 Å². The summed E-state index contributed by atoms with van der Waals surface area (Å²) in [6.07, 6.45) is 0. The van der Waals surface area contributed by atoms with Gasteiger partial charge in [-0.1, -0.05) is 6.07 Å². The second-order valence-electron chi connectivity index (χ2n) is 4.76. The summed E-state index contributed by atoms with van der Waals surface area (Å²) < 4.78 is 0. The number of thioether (sulfide) groups is 1. The van der Waals surface area contributed by atoms with Gasteiger partial charge in [0, 0.05) is 23.9 Å². The number of hydrogen-bond donors (Lipinski definition) is 2. The van der Waals surface area contributed by atoms with Crippen molar-refractivity contribution < 1.29 is 19.5 Å². The van der Waals surface area contributed by atoms with Gasteiger partial charge in [0.25, 0.3) is 5.91 Å². The molecule has 1 aliphatic rings. The Morgan fingerprint density at radius 2 is 2.10 bits per heavy atom. The number of nitrogens with one attached hydrogen (secondary N) is 1. The van der Waals surface area contributed by atoms with Crippen LogP contribution >= 0.6 is 11.8 Å². The third-order valence-corrected chi connectivity index (χ3v) is 4.39. The van der Waals surface area contributed by atoms with Gasteiger partial charge in [0.05, 0.1) is 5.37 Å². The molecule has 0 spiro atoms. The molecule has 0 radical (unpaired) electrons. The second kappa shape index (κ2) is 6.17. The van der Waals surface area contributed by atoms with Gasteiger partial charge in [-0.2, -0.15) is 0 Å². The van der Waals surface area contributed by atoms with E-state index in [-0.39, 0.29) is 17.2 Å². The first-order chi connectivity index (χ1) is 9.90. The number of carboxylic acid groups (broad SMARTS) is 1. The van der Waals surface area contributed by atoms with Gasteiger partial charge in [-0.15, -0.1) is 11.8 Å². The number of carbonyl (C=O) groups excluding carboxylic acids is 2. The Hall–Kier alpha value is -2.02. The molecular weight excluding hydrogens is 292 g/mol. The summed E-state index contributed by atoms with van der Waals surface area (Å²) in [5.41, 5.74) is 0.876. The molecule has 21 heavy (non-hydrogen) atoms. The minimum Gasteiger partial charge on any atom is -0.480 e. The number of amides is 2. The zero-order valence-corrected chi connectivity index (χ0v) is 12.5. The molecule has 2 unspecified atom stereocenters. The van der Waals surface area contributed by atoms with Crippen LogP contribution in [0.4, 0.5) is 5.69 Å². The van der Waals surface area contributed by atoms with Gasteiger partial charge in [-0.3, -0.25) is 9.59 Å². The molecule has 2 rings (SSSR count). The summed E-state index contributed by atoms with van der Waals surface area (Å²) in [7, 11) is 0. The molecule has 112 valence electrons. The minimum atomic E-state index is -1.00. The molecule has 2 atom stereocenters. The first-order valence-electron chi connectivity index (χ1n) is 6.45. The monoisotopic (exact) mass is 308 g/mol. The average molecular weight is 308 g/mol. The number of benzene rings is 1. The van der Waals surface area contributed by atoms with Crippen LogP contribution in [0.3, 0.4) is 0 Å². The highest BCUT2D eigenvalue weighted by Gasteiger charge is 2.39. The number of carbonyl (C=O) groups is 3. The fourth-order valence-corrected chi connectivity index (χ4v) is 3.39. The highest BCUT2D eigenvalue weighted by atomic mass is 32.2. The van der Waals surface area contributed by atoms with Crippen LogP contribution in [0.15, 0.2) is 24.3 Å². The molecule has 2 amide bonds. The summed E-state index contributed by atoms with van der Waals surface area (Å²) in [5.74, 6) is -1.19. The zero-order chi connectivity index (χ0) is 15.6. The van der Waals surface area contributed by atoms with Crippen molar-refractivity contribution in [2.24, 2.45) is 0 Å². The Bertz CT molecular complexity index is 590. The number of carboxylic acids is 1. The van der Waals surface area contributed by atoms with Crippen molar-refractivity contribution in [2.75, 3.05) is 11.1 Å². The van der Waals surface area contributed by atoms with Crippen LogP contribution in [0.2, 0.25) is 0 Å². The van der Waals surface area contributed by atoms with Crippen molar-refractivity contribution in [3.05, 3.63) is 29.8 Å². The molecule has 1 saturated heterocycles. The smallest absolute Gasteiger partial charge is 0.327 e. The van der Waals surface area contributed by atoms with E-state index in [9.17, 15) is 19.5 Å². The fourth-order valence-electron chi connectivity index (χ4n) is 2.22. The lowest BCUT2D eigenvalue weighted by atomic mass is 10.1. The molecule has 1 fully saturated rings. The highest BCUT2D eigenvalue weighted by molar-refractivity contribution is 8.00. The minimum absolute atomic E-state index is 0.192. The summed E-state index contributed by atoms with van der Waals surface area (Å²) >= 11 is 1.43. The zero-order valence-electron chi connectivity index (χ0n) is 11.7. The topological polar surface area (TPSA) is 86.7 Å². The third-order valence-electron chi connectivity index (χ3n) is 3.17. The molecule has 2 N–H and O–H groups in total. The van der Waals surface area contributed by atoms with Gasteiger partial charge < -0.3 is 15.3 Å². The SMILES string of the molecule is CC(=O)Nc1cccc(C(=O)N2C(C)SCC2C(=O)O)c1. The Morgan fingerprint density at radius 3 is 2.71 bits per heavy atom.